The van der Waals surface area contributed by atoms with Gasteiger partial charge in [0.2, 0.25) is 0 Å². The van der Waals surface area contributed by atoms with Crippen LogP contribution in [-0.4, -0.2) is 55.0 Å². The fourth-order valence-corrected chi connectivity index (χ4v) is 3.12. The number of benzene rings is 1. The highest BCUT2D eigenvalue weighted by molar-refractivity contribution is 14.0. The summed E-state index contributed by atoms with van der Waals surface area (Å²) in [5.41, 5.74) is 1.77. The van der Waals surface area contributed by atoms with E-state index in [1.807, 2.05) is 6.92 Å². The van der Waals surface area contributed by atoms with Crippen molar-refractivity contribution in [3.63, 3.8) is 0 Å². The molecular formula is C21H34IN5O2. The molecule has 0 bridgehead atoms. The Morgan fingerprint density at radius 2 is 1.90 bits per heavy atom. The van der Waals surface area contributed by atoms with Crippen LogP contribution in [0.5, 0.6) is 0 Å². The first-order valence-electron chi connectivity index (χ1n) is 9.96. The summed E-state index contributed by atoms with van der Waals surface area (Å²) in [6.45, 7) is 9.71. The molecule has 0 aromatic heterocycles. The summed E-state index contributed by atoms with van der Waals surface area (Å²) in [6.07, 6.45) is 1.25. The van der Waals surface area contributed by atoms with Gasteiger partial charge in [0.05, 0.1) is 0 Å². The molecule has 1 aliphatic rings. The summed E-state index contributed by atoms with van der Waals surface area (Å²) < 4.78 is 0. The van der Waals surface area contributed by atoms with E-state index in [0.29, 0.717) is 31.8 Å². The van der Waals surface area contributed by atoms with Gasteiger partial charge in [-0.3, -0.25) is 14.7 Å². The summed E-state index contributed by atoms with van der Waals surface area (Å²) in [5, 5.41) is 9.35. The van der Waals surface area contributed by atoms with Crippen LogP contribution >= 0.6 is 24.0 Å². The topological polar surface area (TPSA) is 85.8 Å². The second kappa shape index (κ2) is 11.4. The Morgan fingerprint density at radius 3 is 2.45 bits per heavy atom. The third kappa shape index (κ3) is 6.58. The maximum atomic E-state index is 12.4. The molecule has 2 rings (SSSR count). The second-order valence-corrected chi connectivity index (χ2v) is 7.62. The Labute approximate surface area is 191 Å². The van der Waals surface area contributed by atoms with Crippen LogP contribution in [0.15, 0.2) is 29.3 Å². The van der Waals surface area contributed by atoms with Crippen LogP contribution < -0.4 is 16.0 Å². The number of nitrogens with zero attached hydrogens (tertiary/aromatic N) is 2. The van der Waals surface area contributed by atoms with Crippen molar-refractivity contribution >= 4 is 41.9 Å². The fraction of sp³-hybridized carbons (Fsp3) is 0.571. The number of imide groups is 1. The predicted molar refractivity (Wildman–Crippen MR) is 128 cm³/mol. The van der Waals surface area contributed by atoms with Crippen LogP contribution in [0.3, 0.4) is 0 Å². The molecule has 1 aromatic carbocycles. The Hall–Kier alpha value is -1.84. The molecule has 0 spiro atoms. The lowest BCUT2D eigenvalue weighted by atomic mass is 9.99. The number of aliphatic imine (C=N–C) groups is 1. The van der Waals surface area contributed by atoms with E-state index in [1.165, 1.54) is 16.0 Å². The molecule has 1 aromatic rings. The predicted octanol–water partition coefficient (Wildman–Crippen LogP) is 2.99. The molecule has 1 aliphatic heterocycles. The minimum Gasteiger partial charge on any atom is -0.356 e. The summed E-state index contributed by atoms with van der Waals surface area (Å²) in [6, 6.07) is 8.25. The lowest BCUT2D eigenvalue weighted by molar-refractivity contribution is -0.130. The Bertz CT molecular complexity index is 722. The van der Waals surface area contributed by atoms with Crippen molar-refractivity contribution in [1.82, 2.24) is 20.9 Å². The van der Waals surface area contributed by atoms with Gasteiger partial charge in [-0.25, -0.2) is 4.79 Å². The van der Waals surface area contributed by atoms with Gasteiger partial charge in [0.15, 0.2) is 5.96 Å². The molecule has 1 heterocycles. The lowest BCUT2D eigenvalue weighted by Crippen LogP contribution is -2.43. The molecule has 3 N–H and O–H groups in total. The Balaban J connectivity index is 0.00000420. The molecule has 29 heavy (non-hydrogen) atoms. The van der Waals surface area contributed by atoms with E-state index < -0.39 is 5.54 Å². The van der Waals surface area contributed by atoms with Crippen molar-refractivity contribution < 1.29 is 9.59 Å². The van der Waals surface area contributed by atoms with Gasteiger partial charge in [-0.1, -0.05) is 43.7 Å². The zero-order chi connectivity index (χ0) is 20.7. The van der Waals surface area contributed by atoms with Crippen LogP contribution in [0.2, 0.25) is 0 Å². The molecule has 0 aliphatic carbocycles. The first-order valence-corrected chi connectivity index (χ1v) is 9.96. The number of amides is 3. The van der Waals surface area contributed by atoms with E-state index in [-0.39, 0.29) is 35.9 Å². The third-order valence-electron chi connectivity index (χ3n) is 5.35. The molecule has 1 saturated heterocycles. The second-order valence-electron chi connectivity index (χ2n) is 7.62. The number of guanidine groups is 1. The van der Waals surface area contributed by atoms with Crippen molar-refractivity contribution in [2.24, 2.45) is 4.99 Å². The van der Waals surface area contributed by atoms with Gasteiger partial charge in [-0.2, -0.15) is 0 Å². The summed E-state index contributed by atoms with van der Waals surface area (Å²) >= 11 is 0. The van der Waals surface area contributed by atoms with Crippen molar-refractivity contribution in [3.8, 4) is 0 Å². The maximum absolute atomic E-state index is 12.4. The van der Waals surface area contributed by atoms with Gasteiger partial charge >= 0.3 is 6.03 Å². The van der Waals surface area contributed by atoms with Crippen molar-refractivity contribution in [1.29, 1.82) is 0 Å². The SMILES string of the molecule is CCC1(C)NC(=O)N(CCCNC(=NC)NCC(C)c2ccc(C)cc2)C1=O.I. The van der Waals surface area contributed by atoms with Gasteiger partial charge in [0, 0.05) is 26.7 Å². The molecule has 2 atom stereocenters. The van der Waals surface area contributed by atoms with E-state index in [0.717, 1.165) is 12.5 Å². The summed E-state index contributed by atoms with van der Waals surface area (Å²) in [5.74, 6) is 0.931. The normalized spacial score (nSPS) is 20.2. The fourth-order valence-electron chi connectivity index (χ4n) is 3.12. The van der Waals surface area contributed by atoms with E-state index in [9.17, 15) is 9.59 Å². The number of halogens is 1. The van der Waals surface area contributed by atoms with E-state index in [1.54, 1.807) is 14.0 Å². The highest BCUT2D eigenvalue weighted by Gasteiger charge is 2.45. The van der Waals surface area contributed by atoms with Gasteiger partial charge in [0.1, 0.15) is 5.54 Å². The standard InChI is InChI=1S/C21H33N5O2.HI/c1-6-21(4)18(27)26(20(28)25-21)13-7-12-23-19(22-5)24-14-16(3)17-10-8-15(2)9-11-17;/h8-11,16H,6-7,12-14H2,1-5H3,(H,25,28)(H2,22,23,24);1H. The molecule has 0 radical (unpaired) electrons. The van der Waals surface area contributed by atoms with Crippen LogP contribution in [-0.2, 0) is 4.79 Å². The number of rotatable bonds is 8. The maximum Gasteiger partial charge on any atom is 0.325 e. The third-order valence-corrected chi connectivity index (χ3v) is 5.35. The average Bonchev–Trinajstić information content (AvgIpc) is 2.90. The minimum atomic E-state index is -0.770. The Morgan fingerprint density at radius 1 is 1.24 bits per heavy atom. The number of aryl methyl sites for hydroxylation is 1. The number of carbonyl (C=O) groups is 2. The molecular weight excluding hydrogens is 481 g/mol. The number of nitrogens with one attached hydrogen (secondary N) is 3. The largest absolute Gasteiger partial charge is 0.356 e. The molecule has 8 heteroatoms. The van der Waals surface area contributed by atoms with Gasteiger partial charge < -0.3 is 16.0 Å². The van der Waals surface area contributed by atoms with Gasteiger partial charge in [0.25, 0.3) is 5.91 Å². The van der Waals surface area contributed by atoms with Crippen LogP contribution in [0.25, 0.3) is 0 Å². The number of hydrogen-bond donors (Lipinski definition) is 3. The molecule has 1 fully saturated rings. The summed E-state index contributed by atoms with van der Waals surface area (Å²) in [7, 11) is 1.73. The van der Waals surface area contributed by atoms with E-state index in [4.69, 9.17) is 0 Å². The monoisotopic (exact) mass is 515 g/mol. The van der Waals surface area contributed by atoms with Crippen LogP contribution in [0, 0.1) is 6.92 Å². The van der Waals surface area contributed by atoms with Crippen molar-refractivity contribution in [2.45, 2.75) is 52.0 Å². The Kier molecular flexibility index (Phi) is 9.88. The highest BCUT2D eigenvalue weighted by Crippen LogP contribution is 2.20. The van der Waals surface area contributed by atoms with E-state index >= 15 is 0 Å². The molecule has 2 unspecified atom stereocenters. The zero-order valence-electron chi connectivity index (χ0n) is 18.0. The zero-order valence-corrected chi connectivity index (χ0v) is 20.4. The van der Waals surface area contributed by atoms with Crippen molar-refractivity contribution in [2.75, 3.05) is 26.7 Å². The number of carbonyl (C=O) groups excluding carboxylic acids is 2. The summed E-state index contributed by atoms with van der Waals surface area (Å²) in [4.78, 5) is 29.9. The van der Waals surface area contributed by atoms with E-state index in [2.05, 4.69) is 59.1 Å². The molecule has 162 valence electrons. The van der Waals surface area contributed by atoms with Crippen molar-refractivity contribution in [3.05, 3.63) is 35.4 Å². The molecule has 3 amide bonds. The first kappa shape index (κ1) is 25.2. The van der Waals surface area contributed by atoms with Gasteiger partial charge in [-0.05, 0) is 38.2 Å². The molecule has 0 saturated carbocycles. The first-order chi connectivity index (χ1) is 13.3. The number of hydrogen-bond acceptors (Lipinski definition) is 3. The van der Waals surface area contributed by atoms with Gasteiger partial charge in [-0.15, -0.1) is 24.0 Å². The smallest absolute Gasteiger partial charge is 0.325 e. The minimum absolute atomic E-state index is 0. The quantitative estimate of drug-likeness (QED) is 0.163. The lowest BCUT2D eigenvalue weighted by Gasteiger charge is -2.19. The number of urea groups is 1. The van der Waals surface area contributed by atoms with Crippen LogP contribution in [0.4, 0.5) is 4.79 Å². The molecule has 7 nitrogen and oxygen atoms in total. The average molecular weight is 515 g/mol. The van der Waals surface area contributed by atoms with Crippen LogP contribution in [0.1, 0.15) is 50.7 Å². The highest BCUT2D eigenvalue weighted by atomic mass is 127.